The molecule has 1 aromatic carbocycles. The highest BCUT2D eigenvalue weighted by Gasteiger charge is 2.12. The molecule has 1 heterocycles. The van der Waals surface area contributed by atoms with Crippen LogP contribution in [0.1, 0.15) is 32.3 Å². The molecule has 0 spiro atoms. The highest BCUT2D eigenvalue weighted by atomic mass is 16.7. The van der Waals surface area contributed by atoms with Gasteiger partial charge in [0.05, 0.1) is 0 Å². The molecule has 1 amide bonds. The summed E-state index contributed by atoms with van der Waals surface area (Å²) in [7, 11) is 0. The Morgan fingerprint density at radius 2 is 2.21 bits per heavy atom. The van der Waals surface area contributed by atoms with E-state index in [9.17, 15) is 4.79 Å². The molecule has 19 heavy (non-hydrogen) atoms. The maximum absolute atomic E-state index is 11.7. The number of hydrogen-bond acceptors (Lipinski definition) is 3. The van der Waals surface area contributed by atoms with Crippen molar-refractivity contribution < 1.29 is 14.3 Å². The van der Waals surface area contributed by atoms with Crippen molar-refractivity contribution in [3.8, 4) is 11.5 Å². The van der Waals surface area contributed by atoms with Crippen LogP contribution in [0.5, 0.6) is 11.5 Å². The molecule has 0 aliphatic carbocycles. The van der Waals surface area contributed by atoms with Crippen LogP contribution in [-0.2, 0) is 4.79 Å². The van der Waals surface area contributed by atoms with Gasteiger partial charge in [-0.15, -0.1) is 0 Å². The van der Waals surface area contributed by atoms with Crippen LogP contribution in [-0.4, -0.2) is 18.7 Å². The van der Waals surface area contributed by atoms with Gasteiger partial charge in [-0.1, -0.05) is 19.4 Å². The Bertz CT molecular complexity index is 482. The monoisotopic (exact) mass is 261 g/mol. The first-order chi connectivity index (χ1) is 9.19. The minimum Gasteiger partial charge on any atom is -0.454 e. The number of hydrogen-bond donors (Lipinski definition) is 1. The average molecular weight is 261 g/mol. The topological polar surface area (TPSA) is 47.6 Å². The average Bonchev–Trinajstić information content (AvgIpc) is 2.83. The zero-order chi connectivity index (χ0) is 13.7. The van der Waals surface area contributed by atoms with Gasteiger partial charge in [-0.3, -0.25) is 4.79 Å². The van der Waals surface area contributed by atoms with Gasteiger partial charge in [-0.05, 0) is 37.1 Å². The van der Waals surface area contributed by atoms with Crippen molar-refractivity contribution in [1.29, 1.82) is 0 Å². The Kier molecular flexibility index (Phi) is 4.44. The van der Waals surface area contributed by atoms with E-state index in [-0.39, 0.29) is 18.7 Å². The minimum atomic E-state index is -0.0707. The van der Waals surface area contributed by atoms with E-state index in [4.69, 9.17) is 9.47 Å². The number of nitrogens with one attached hydrogen (secondary N) is 1. The van der Waals surface area contributed by atoms with Crippen molar-refractivity contribution in [2.45, 2.75) is 32.7 Å². The first-order valence-electron chi connectivity index (χ1n) is 6.57. The van der Waals surface area contributed by atoms with E-state index in [0.29, 0.717) is 0 Å². The lowest BCUT2D eigenvalue weighted by Gasteiger charge is -2.10. The van der Waals surface area contributed by atoms with Gasteiger partial charge < -0.3 is 14.8 Å². The Morgan fingerprint density at radius 1 is 1.42 bits per heavy atom. The molecule has 102 valence electrons. The maximum atomic E-state index is 11.7. The van der Waals surface area contributed by atoms with Gasteiger partial charge in [-0.2, -0.15) is 0 Å². The Hall–Kier alpha value is -1.97. The largest absolute Gasteiger partial charge is 0.454 e. The van der Waals surface area contributed by atoms with E-state index in [0.717, 1.165) is 29.9 Å². The summed E-state index contributed by atoms with van der Waals surface area (Å²) < 4.78 is 10.5. The standard InChI is InChI=1S/C15H19NO3/c1-3-4-11(2)16-15(17)8-6-12-5-7-13-14(9-12)19-10-18-13/h5-9,11H,3-4,10H2,1-2H3,(H,16,17). The van der Waals surface area contributed by atoms with Crippen LogP contribution in [0.25, 0.3) is 6.08 Å². The lowest BCUT2D eigenvalue weighted by molar-refractivity contribution is -0.117. The summed E-state index contributed by atoms with van der Waals surface area (Å²) in [4.78, 5) is 11.7. The van der Waals surface area contributed by atoms with Crippen LogP contribution in [0.4, 0.5) is 0 Å². The van der Waals surface area contributed by atoms with Crippen LogP contribution in [0, 0.1) is 0 Å². The molecule has 1 unspecified atom stereocenters. The second kappa shape index (κ2) is 6.27. The molecule has 4 heteroatoms. The zero-order valence-corrected chi connectivity index (χ0v) is 11.3. The van der Waals surface area contributed by atoms with Gasteiger partial charge in [-0.25, -0.2) is 0 Å². The van der Waals surface area contributed by atoms with Crippen molar-refractivity contribution in [2.75, 3.05) is 6.79 Å². The highest BCUT2D eigenvalue weighted by molar-refractivity contribution is 5.91. The molecule has 4 nitrogen and oxygen atoms in total. The van der Waals surface area contributed by atoms with Crippen LogP contribution in [0.15, 0.2) is 24.3 Å². The number of rotatable bonds is 5. The van der Waals surface area contributed by atoms with Crippen LogP contribution >= 0.6 is 0 Å². The van der Waals surface area contributed by atoms with Gasteiger partial charge in [0.2, 0.25) is 12.7 Å². The number of carbonyl (C=O) groups is 1. The lowest BCUT2D eigenvalue weighted by atomic mass is 10.1. The first kappa shape index (κ1) is 13.5. The predicted molar refractivity (Wildman–Crippen MR) is 74.1 cm³/mol. The summed E-state index contributed by atoms with van der Waals surface area (Å²) in [5.41, 5.74) is 0.919. The number of fused-ring (bicyclic) bond motifs is 1. The van der Waals surface area contributed by atoms with E-state index in [1.54, 1.807) is 12.2 Å². The molecule has 2 rings (SSSR count). The molecule has 0 saturated carbocycles. The molecule has 0 aromatic heterocycles. The minimum absolute atomic E-state index is 0.0707. The van der Waals surface area contributed by atoms with Crippen LogP contribution in [0.2, 0.25) is 0 Å². The highest BCUT2D eigenvalue weighted by Crippen LogP contribution is 2.32. The van der Waals surface area contributed by atoms with Crippen LogP contribution in [0.3, 0.4) is 0 Å². The van der Waals surface area contributed by atoms with E-state index in [1.165, 1.54) is 0 Å². The summed E-state index contributed by atoms with van der Waals surface area (Å²) in [6.07, 6.45) is 5.37. The molecule has 1 atom stereocenters. The Morgan fingerprint density at radius 3 is 3.00 bits per heavy atom. The molecule has 1 N–H and O–H groups in total. The van der Waals surface area contributed by atoms with Crippen molar-refractivity contribution in [3.63, 3.8) is 0 Å². The molecule has 0 radical (unpaired) electrons. The molecule has 0 bridgehead atoms. The lowest BCUT2D eigenvalue weighted by Crippen LogP contribution is -2.30. The van der Waals surface area contributed by atoms with Crippen molar-refractivity contribution in [3.05, 3.63) is 29.8 Å². The molecule has 0 saturated heterocycles. The van der Waals surface area contributed by atoms with Gasteiger partial charge in [0.25, 0.3) is 0 Å². The number of amides is 1. The van der Waals surface area contributed by atoms with Crippen molar-refractivity contribution in [1.82, 2.24) is 5.32 Å². The maximum Gasteiger partial charge on any atom is 0.244 e. The smallest absolute Gasteiger partial charge is 0.244 e. The zero-order valence-electron chi connectivity index (χ0n) is 11.3. The second-order valence-electron chi connectivity index (χ2n) is 4.64. The fourth-order valence-electron chi connectivity index (χ4n) is 1.98. The molecule has 1 aliphatic rings. The van der Waals surface area contributed by atoms with Gasteiger partial charge in [0.15, 0.2) is 11.5 Å². The summed E-state index contributed by atoms with van der Waals surface area (Å²) in [6.45, 7) is 4.37. The fourth-order valence-corrected chi connectivity index (χ4v) is 1.98. The third-order valence-electron chi connectivity index (χ3n) is 2.93. The van der Waals surface area contributed by atoms with Crippen LogP contribution < -0.4 is 14.8 Å². The van der Waals surface area contributed by atoms with Gasteiger partial charge in [0.1, 0.15) is 0 Å². The third-order valence-corrected chi connectivity index (χ3v) is 2.93. The number of carbonyl (C=O) groups excluding carboxylic acids is 1. The second-order valence-corrected chi connectivity index (χ2v) is 4.64. The molecule has 1 aromatic rings. The fraction of sp³-hybridized carbons (Fsp3) is 0.400. The van der Waals surface area contributed by atoms with Crippen molar-refractivity contribution >= 4 is 12.0 Å². The van der Waals surface area contributed by atoms with E-state index in [1.807, 2.05) is 25.1 Å². The molecule has 0 fully saturated rings. The van der Waals surface area contributed by atoms with Gasteiger partial charge in [0, 0.05) is 12.1 Å². The molecular formula is C15H19NO3. The van der Waals surface area contributed by atoms with Gasteiger partial charge >= 0.3 is 0 Å². The summed E-state index contributed by atoms with van der Waals surface area (Å²) in [5.74, 6) is 1.40. The third kappa shape index (κ3) is 3.74. The normalized spacial score (nSPS) is 14.6. The molecule has 1 aliphatic heterocycles. The van der Waals surface area contributed by atoms with E-state index >= 15 is 0 Å². The quantitative estimate of drug-likeness (QED) is 0.829. The first-order valence-corrected chi connectivity index (χ1v) is 6.57. The van der Waals surface area contributed by atoms with E-state index in [2.05, 4.69) is 12.2 Å². The predicted octanol–water partition coefficient (Wildman–Crippen LogP) is 2.73. The number of ether oxygens (including phenoxy) is 2. The van der Waals surface area contributed by atoms with Crippen molar-refractivity contribution in [2.24, 2.45) is 0 Å². The Balaban J connectivity index is 1.93. The number of benzene rings is 1. The SMILES string of the molecule is CCCC(C)NC(=O)C=Cc1ccc2c(c1)OCO2. The van der Waals surface area contributed by atoms with E-state index < -0.39 is 0 Å². The summed E-state index contributed by atoms with van der Waals surface area (Å²) >= 11 is 0. The summed E-state index contributed by atoms with van der Waals surface area (Å²) in [6, 6.07) is 5.81. The molecular weight excluding hydrogens is 242 g/mol. The summed E-state index contributed by atoms with van der Waals surface area (Å²) in [5, 5.41) is 2.92. The Labute approximate surface area is 113 Å².